The van der Waals surface area contributed by atoms with Gasteiger partial charge in [0, 0.05) is 0 Å². The third kappa shape index (κ3) is 1.36. The van der Waals surface area contributed by atoms with E-state index >= 15 is 0 Å². The molecule has 1 aliphatic heterocycles. The summed E-state index contributed by atoms with van der Waals surface area (Å²) < 4.78 is 0. The Hall–Kier alpha value is -1.31. The van der Waals surface area contributed by atoms with E-state index in [1.807, 2.05) is 18.2 Å². The molecule has 2 aliphatic carbocycles. The fraction of sp³-hybridized carbons (Fsp3) is 0.462. The molecular weight excluding hydrogens is 186 g/mol. The van der Waals surface area contributed by atoms with Crippen LogP contribution in [0, 0.1) is 5.92 Å². The van der Waals surface area contributed by atoms with Gasteiger partial charge in [0.1, 0.15) is 0 Å². The number of fused-ring (bicyclic) bond motifs is 2. The van der Waals surface area contributed by atoms with Gasteiger partial charge < -0.3 is 5.32 Å². The van der Waals surface area contributed by atoms with Crippen molar-refractivity contribution in [2.75, 3.05) is 0 Å². The van der Waals surface area contributed by atoms with E-state index in [9.17, 15) is 4.79 Å². The molecule has 0 spiro atoms. The lowest BCUT2D eigenvalue weighted by Crippen LogP contribution is -2.46. The largest absolute Gasteiger partial charge is 0.349 e. The van der Waals surface area contributed by atoms with Gasteiger partial charge in [0.2, 0.25) is 5.91 Å². The molecule has 15 heavy (non-hydrogen) atoms. The van der Waals surface area contributed by atoms with Crippen LogP contribution in [0.4, 0.5) is 0 Å². The van der Waals surface area contributed by atoms with E-state index in [-0.39, 0.29) is 11.8 Å². The number of allylic oxidation sites excluding steroid dienone is 3. The third-order valence-electron chi connectivity index (χ3n) is 3.60. The molecule has 3 aliphatic rings. The number of hydrogen-bond donors (Lipinski definition) is 1. The van der Waals surface area contributed by atoms with Gasteiger partial charge in [-0.15, -0.1) is 0 Å². The fourth-order valence-electron chi connectivity index (χ4n) is 2.86. The van der Waals surface area contributed by atoms with Crippen molar-refractivity contribution in [2.24, 2.45) is 5.92 Å². The van der Waals surface area contributed by atoms with E-state index in [1.165, 1.54) is 24.0 Å². The van der Waals surface area contributed by atoms with Gasteiger partial charge in [-0.3, -0.25) is 4.79 Å². The predicted octanol–water partition coefficient (Wildman–Crippen LogP) is 2.10. The Kier molecular flexibility index (Phi) is 2.01. The molecule has 3 rings (SSSR count). The second-order valence-electron chi connectivity index (χ2n) is 4.51. The molecule has 0 aromatic rings. The first-order valence-corrected chi connectivity index (χ1v) is 5.74. The lowest BCUT2D eigenvalue weighted by Gasteiger charge is -2.36. The van der Waals surface area contributed by atoms with E-state index in [0.717, 1.165) is 12.8 Å². The molecule has 1 fully saturated rings. The maximum atomic E-state index is 11.9. The van der Waals surface area contributed by atoms with Crippen LogP contribution in [0.15, 0.2) is 35.5 Å². The summed E-state index contributed by atoms with van der Waals surface area (Å²) in [7, 11) is 0. The summed E-state index contributed by atoms with van der Waals surface area (Å²) in [5.74, 6) is 0.167. The standard InChI is InChI=1S/C13H15NO/c15-13-11-7-2-1-5-9(11)10-6-3-4-8-12(10)14-13/h1-2,5,7,11-12H,3-4,6,8H2,(H,14,15). The second kappa shape index (κ2) is 3.37. The van der Waals surface area contributed by atoms with Crippen LogP contribution in [0.5, 0.6) is 0 Å². The normalized spacial score (nSPS) is 33.5. The summed E-state index contributed by atoms with van der Waals surface area (Å²) in [4.78, 5) is 11.9. The van der Waals surface area contributed by atoms with E-state index in [0.29, 0.717) is 6.04 Å². The molecule has 0 saturated heterocycles. The molecule has 0 radical (unpaired) electrons. The molecule has 0 aromatic heterocycles. The number of rotatable bonds is 0. The highest BCUT2D eigenvalue weighted by Gasteiger charge is 2.34. The number of carbonyl (C=O) groups excluding carboxylic acids is 1. The Bertz CT molecular complexity index is 389. The molecule has 2 heteroatoms. The van der Waals surface area contributed by atoms with Crippen LogP contribution >= 0.6 is 0 Å². The quantitative estimate of drug-likeness (QED) is 0.639. The van der Waals surface area contributed by atoms with Gasteiger partial charge in [-0.25, -0.2) is 0 Å². The molecule has 1 heterocycles. The van der Waals surface area contributed by atoms with Crippen molar-refractivity contribution < 1.29 is 4.79 Å². The predicted molar refractivity (Wildman–Crippen MR) is 59.2 cm³/mol. The third-order valence-corrected chi connectivity index (χ3v) is 3.60. The van der Waals surface area contributed by atoms with Gasteiger partial charge in [0.25, 0.3) is 0 Å². The van der Waals surface area contributed by atoms with Gasteiger partial charge >= 0.3 is 0 Å². The van der Waals surface area contributed by atoms with Crippen LogP contribution in [0.3, 0.4) is 0 Å². The first-order chi connectivity index (χ1) is 7.36. The van der Waals surface area contributed by atoms with E-state index in [2.05, 4.69) is 11.4 Å². The average Bonchev–Trinajstić information content (AvgIpc) is 2.30. The molecule has 0 aromatic carbocycles. The lowest BCUT2D eigenvalue weighted by atomic mass is 9.77. The summed E-state index contributed by atoms with van der Waals surface area (Å²) in [6, 6.07) is 0.327. The van der Waals surface area contributed by atoms with Crippen molar-refractivity contribution in [3.63, 3.8) is 0 Å². The molecule has 1 N–H and O–H groups in total. The van der Waals surface area contributed by atoms with Crippen molar-refractivity contribution in [3.05, 3.63) is 35.5 Å². The Balaban J connectivity index is 2.06. The van der Waals surface area contributed by atoms with Crippen molar-refractivity contribution in [1.29, 1.82) is 0 Å². The van der Waals surface area contributed by atoms with Gasteiger partial charge in [-0.1, -0.05) is 30.7 Å². The number of amides is 1. The maximum Gasteiger partial charge on any atom is 0.231 e. The topological polar surface area (TPSA) is 29.1 Å². The zero-order valence-electron chi connectivity index (χ0n) is 8.70. The Morgan fingerprint density at radius 3 is 3.13 bits per heavy atom. The van der Waals surface area contributed by atoms with Crippen LogP contribution in [0.1, 0.15) is 25.7 Å². The smallest absolute Gasteiger partial charge is 0.231 e. The second-order valence-corrected chi connectivity index (χ2v) is 4.51. The van der Waals surface area contributed by atoms with Crippen molar-refractivity contribution in [1.82, 2.24) is 5.32 Å². The highest BCUT2D eigenvalue weighted by atomic mass is 16.2. The molecule has 0 bridgehead atoms. The SMILES string of the molecule is O=C1NC2CCCCC2=C2C=CC=CC12. The number of hydrogen-bond acceptors (Lipinski definition) is 1. The lowest BCUT2D eigenvalue weighted by molar-refractivity contribution is -0.123. The van der Waals surface area contributed by atoms with Gasteiger partial charge in [0.15, 0.2) is 0 Å². The first-order valence-electron chi connectivity index (χ1n) is 5.74. The van der Waals surface area contributed by atoms with Crippen molar-refractivity contribution >= 4 is 5.91 Å². The van der Waals surface area contributed by atoms with Gasteiger partial charge in [0.05, 0.1) is 12.0 Å². The number of nitrogens with one attached hydrogen (secondary N) is 1. The highest BCUT2D eigenvalue weighted by Crippen LogP contribution is 2.35. The first kappa shape index (κ1) is 8.96. The molecule has 2 unspecified atom stereocenters. The number of carbonyl (C=O) groups is 1. The molecule has 1 amide bonds. The van der Waals surface area contributed by atoms with Crippen molar-refractivity contribution in [2.45, 2.75) is 31.7 Å². The fourth-order valence-corrected chi connectivity index (χ4v) is 2.86. The zero-order chi connectivity index (χ0) is 10.3. The van der Waals surface area contributed by atoms with Crippen LogP contribution in [0.2, 0.25) is 0 Å². The maximum absolute atomic E-state index is 11.9. The van der Waals surface area contributed by atoms with Gasteiger partial charge in [-0.2, -0.15) is 0 Å². The molecule has 1 saturated carbocycles. The average molecular weight is 201 g/mol. The highest BCUT2D eigenvalue weighted by molar-refractivity contribution is 5.87. The summed E-state index contributed by atoms with van der Waals surface area (Å²) in [6.45, 7) is 0. The summed E-state index contributed by atoms with van der Waals surface area (Å²) >= 11 is 0. The zero-order valence-corrected chi connectivity index (χ0v) is 8.70. The van der Waals surface area contributed by atoms with Crippen LogP contribution < -0.4 is 5.32 Å². The Labute approximate surface area is 89.7 Å². The summed E-state index contributed by atoms with van der Waals surface area (Å²) in [5.41, 5.74) is 2.75. The van der Waals surface area contributed by atoms with E-state index < -0.39 is 0 Å². The Morgan fingerprint density at radius 1 is 1.27 bits per heavy atom. The summed E-state index contributed by atoms with van der Waals surface area (Å²) in [5, 5.41) is 3.14. The minimum atomic E-state index is -0.0145. The van der Waals surface area contributed by atoms with E-state index in [1.54, 1.807) is 0 Å². The van der Waals surface area contributed by atoms with E-state index in [4.69, 9.17) is 0 Å². The van der Waals surface area contributed by atoms with Crippen LogP contribution in [0.25, 0.3) is 0 Å². The minimum absolute atomic E-state index is 0.0145. The van der Waals surface area contributed by atoms with Crippen LogP contribution in [-0.4, -0.2) is 11.9 Å². The van der Waals surface area contributed by atoms with Gasteiger partial charge in [-0.05, 0) is 30.4 Å². The molecule has 78 valence electrons. The Morgan fingerprint density at radius 2 is 2.20 bits per heavy atom. The monoisotopic (exact) mass is 201 g/mol. The van der Waals surface area contributed by atoms with Crippen LogP contribution in [-0.2, 0) is 4.79 Å². The molecular formula is C13H15NO. The molecule has 2 nitrogen and oxygen atoms in total. The molecule has 2 atom stereocenters. The minimum Gasteiger partial charge on any atom is -0.349 e. The summed E-state index contributed by atoms with van der Waals surface area (Å²) in [6.07, 6.45) is 12.9. The van der Waals surface area contributed by atoms with Crippen molar-refractivity contribution in [3.8, 4) is 0 Å².